The molecule has 3 aromatic heterocycles. The largest absolute Gasteiger partial charge is 0.490 e. The molecule has 1 aliphatic carbocycles. The van der Waals surface area contributed by atoms with E-state index in [1.807, 2.05) is 6.20 Å². The first-order valence-corrected chi connectivity index (χ1v) is 10.7. The second-order valence-corrected chi connectivity index (χ2v) is 8.87. The molecule has 15 heteroatoms. The SMILES string of the molecule is COc1nc(NC(=O)c2cccc(C(F)F)n2)cn2cc(C34COC(C)(C3)C4)nc12.O=C(O)C(F)(F)F. The van der Waals surface area contributed by atoms with Crippen LogP contribution in [0.4, 0.5) is 27.8 Å². The Hall–Kier alpha value is -3.88. The minimum atomic E-state index is -5.08. The third kappa shape index (κ3) is 5.16. The number of hydrogen-bond donors (Lipinski definition) is 2. The number of ether oxygens (including phenoxy) is 2. The van der Waals surface area contributed by atoms with E-state index in [9.17, 15) is 26.7 Å². The number of aliphatic carboxylic acids is 1. The van der Waals surface area contributed by atoms with E-state index in [2.05, 4.69) is 22.2 Å². The lowest BCUT2D eigenvalue weighted by atomic mass is 9.62. The number of pyridine rings is 1. The number of carboxylic acids is 1. The summed E-state index contributed by atoms with van der Waals surface area (Å²) in [4.78, 5) is 34.1. The van der Waals surface area contributed by atoms with Gasteiger partial charge in [-0.05, 0) is 31.9 Å². The van der Waals surface area contributed by atoms with Crippen molar-refractivity contribution >= 4 is 23.3 Å². The van der Waals surface area contributed by atoms with Crippen LogP contribution in [0, 0.1) is 0 Å². The number of rotatable bonds is 5. The van der Waals surface area contributed by atoms with E-state index in [0.29, 0.717) is 12.3 Å². The molecule has 2 saturated heterocycles. The number of aromatic nitrogens is 4. The highest BCUT2D eigenvalue weighted by Gasteiger charge is 2.61. The number of anilines is 1. The Morgan fingerprint density at radius 2 is 1.86 bits per heavy atom. The molecule has 198 valence electrons. The van der Waals surface area contributed by atoms with Crippen LogP contribution in [-0.2, 0) is 14.9 Å². The molecular weight excluding hydrogens is 509 g/mol. The van der Waals surface area contributed by atoms with Crippen LogP contribution >= 0.6 is 0 Å². The van der Waals surface area contributed by atoms with Crippen molar-refractivity contribution < 1.29 is 46.1 Å². The van der Waals surface area contributed by atoms with Crippen LogP contribution in [-0.4, -0.2) is 61.8 Å². The summed E-state index contributed by atoms with van der Waals surface area (Å²) in [6.45, 7) is 2.72. The number of amides is 1. The fraction of sp³-hybridized carbons (Fsp3) is 0.409. The third-order valence-electron chi connectivity index (χ3n) is 5.98. The summed E-state index contributed by atoms with van der Waals surface area (Å²) in [6, 6.07) is 3.89. The summed E-state index contributed by atoms with van der Waals surface area (Å²) >= 11 is 0. The van der Waals surface area contributed by atoms with Gasteiger partial charge in [-0.3, -0.25) is 9.20 Å². The van der Waals surface area contributed by atoms with Gasteiger partial charge in [0.05, 0.1) is 31.2 Å². The number of carbonyl (C=O) groups is 2. The zero-order valence-electron chi connectivity index (χ0n) is 19.3. The summed E-state index contributed by atoms with van der Waals surface area (Å²) < 4.78 is 70.4. The Labute approximate surface area is 205 Å². The molecule has 3 aromatic rings. The lowest BCUT2D eigenvalue weighted by molar-refractivity contribution is -0.192. The van der Waals surface area contributed by atoms with E-state index in [-0.39, 0.29) is 28.4 Å². The maximum absolute atomic E-state index is 12.9. The number of halogens is 5. The van der Waals surface area contributed by atoms with Crippen molar-refractivity contribution in [3.8, 4) is 5.88 Å². The predicted octanol–water partition coefficient (Wildman–Crippen LogP) is 3.78. The fourth-order valence-corrected chi connectivity index (χ4v) is 4.45. The monoisotopic (exact) mass is 529 g/mol. The van der Waals surface area contributed by atoms with Crippen molar-refractivity contribution in [1.29, 1.82) is 0 Å². The molecule has 1 amide bonds. The van der Waals surface area contributed by atoms with Gasteiger partial charge in [0.25, 0.3) is 18.2 Å². The first kappa shape index (κ1) is 26.2. The number of carbonyl (C=O) groups excluding carboxylic acids is 1. The molecule has 3 aliphatic rings. The van der Waals surface area contributed by atoms with Crippen LogP contribution in [0.5, 0.6) is 5.88 Å². The van der Waals surface area contributed by atoms with Crippen molar-refractivity contribution in [1.82, 2.24) is 19.4 Å². The smallest absolute Gasteiger partial charge is 0.478 e. The van der Waals surface area contributed by atoms with E-state index in [4.69, 9.17) is 24.4 Å². The molecule has 0 spiro atoms. The molecule has 2 aliphatic heterocycles. The van der Waals surface area contributed by atoms with Crippen LogP contribution in [0.1, 0.15) is 48.1 Å². The number of hydrogen-bond acceptors (Lipinski definition) is 7. The maximum Gasteiger partial charge on any atom is 0.490 e. The Morgan fingerprint density at radius 1 is 1.19 bits per heavy atom. The van der Waals surface area contributed by atoms with E-state index in [0.717, 1.165) is 18.5 Å². The molecule has 2 N–H and O–H groups in total. The number of imidazole rings is 1. The van der Waals surface area contributed by atoms with Crippen molar-refractivity contribution in [2.24, 2.45) is 0 Å². The molecule has 3 fully saturated rings. The molecular formula is C22H20F5N5O5. The lowest BCUT2D eigenvalue weighted by Crippen LogP contribution is -2.45. The van der Waals surface area contributed by atoms with Gasteiger partial charge in [0.15, 0.2) is 5.82 Å². The van der Waals surface area contributed by atoms with Gasteiger partial charge in [0.2, 0.25) is 5.65 Å². The maximum atomic E-state index is 12.9. The van der Waals surface area contributed by atoms with E-state index < -0.39 is 30.2 Å². The second kappa shape index (κ2) is 9.21. The minimum absolute atomic E-state index is 0.0724. The molecule has 10 nitrogen and oxygen atoms in total. The van der Waals surface area contributed by atoms with Gasteiger partial charge in [0.1, 0.15) is 11.4 Å². The number of nitrogens with one attached hydrogen (secondary N) is 1. The van der Waals surface area contributed by atoms with Crippen LogP contribution in [0.25, 0.3) is 5.65 Å². The summed E-state index contributed by atoms with van der Waals surface area (Å²) in [5, 5.41) is 9.71. The highest BCUT2D eigenvalue weighted by Crippen LogP contribution is 2.58. The minimum Gasteiger partial charge on any atom is -0.478 e. The number of nitrogens with zero attached hydrogens (tertiary/aromatic N) is 4. The van der Waals surface area contributed by atoms with Gasteiger partial charge in [0, 0.05) is 11.6 Å². The Balaban J connectivity index is 0.000000405. The van der Waals surface area contributed by atoms with Crippen molar-refractivity contribution in [3.63, 3.8) is 0 Å². The van der Waals surface area contributed by atoms with Crippen LogP contribution in [0.15, 0.2) is 30.6 Å². The average Bonchev–Trinajstić information content (AvgIpc) is 3.49. The topological polar surface area (TPSA) is 128 Å². The van der Waals surface area contributed by atoms with Crippen LogP contribution in [0.3, 0.4) is 0 Å². The number of alkyl halides is 5. The second-order valence-electron chi connectivity index (χ2n) is 8.87. The Morgan fingerprint density at radius 3 is 2.41 bits per heavy atom. The fourth-order valence-electron chi connectivity index (χ4n) is 4.45. The molecule has 0 unspecified atom stereocenters. The van der Waals surface area contributed by atoms with Gasteiger partial charge < -0.3 is 19.9 Å². The third-order valence-corrected chi connectivity index (χ3v) is 5.98. The normalized spacial score (nSPS) is 22.3. The van der Waals surface area contributed by atoms with Crippen LogP contribution < -0.4 is 10.1 Å². The van der Waals surface area contributed by atoms with Gasteiger partial charge in [-0.15, -0.1) is 0 Å². The van der Waals surface area contributed by atoms with Crippen molar-refractivity contribution in [2.75, 3.05) is 19.0 Å². The molecule has 37 heavy (non-hydrogen) atoms. The Kier molecular flexibility index (Phi) is 6.52. The first-order chi connectivity index (χ1) is 17.2. The number of fused-ring (bicyclic) bond motifs is 2. The first-order valence-electron chi connectivity index (χ1n) is 10.7. The number of methoxy groups -OCH3 is 1. The number of carboxylic acid groups (broad SMARTS) is 1. The summed E-state index contributed by atoms with van der Waals surface area (Å²) in [5.74, 6) is -2.97. The van der Waals surface area contributed by atoms with E-state index in [1.165, 1.54) is 25.3 Å². The van der Waals surface area contributed by atoms with Crippen molar-refractivity contribution in [3.05, 3.63) is 47.7 Å². The highest BCUT2D eigenvalue weighted by atomic mass is 19.4. The van der Waals surface area contributed by atoms with E-state index >= 15 is 0 Å². The van der Waals surface area contributed by atoms with Gasteiger partial charge in [-0.25, -0.2) is 23.5 Å². The summed E-state index contributed by atoms with van der Waals surface area (Å²) in [6.07, 6.45) is -2.53. The standard InChI is InChI=1S/C20H19F2N5O3.C2HF3O2/c1-19-8-20(9-19,10-30-19)13-6-27-7-14(26-18(29-2)16(27)24-13)25-17(28)12-5-3-4-11(23-12)15(21)22;3-2(4,5)1(6)7/h3-7,15H,8-10H2,1-2H3,(H,25,28);(H,6,7). The molecule has 1 saturated carbocycles. The highest BCUT2D eigenvalue weighted by molar-refractivity contribution is 6.02. The predicted molar refractivity (Wildman–Crippen MR) is 116 cm³/mol. The molecule has 0 radical (unpaired) electrons. The molecule has 6 rings (SSSR count). The van der Waals surface area contributed by atoms with Gasteiger partial charge in [-0.2, -0.15) is 18.2 Å². The molecule has 0 atom stereocenters. The lowest BCUT2D eigenvalue weighted by Gasteiger charge is -2.41. The van der Waals surface area contributed by atoms with Gasteiger partial charge in [-0.1, -0.05) is 6.07 Å². The van der Waals surface area contributed by atoms with E-state index in [1.54, 1.807) is 10.6 Å². The molecule has 0 aromatic carbocycles. The molecule has 5 heterocycles. The Bertz CT molecular complexity index is 1350. The van der Waals surface area contributed by atoms with Crippen LogP contribution in [0.2, 0.25) is 0 Å². The zero-order valence-corrected chi connectivity index (χ0v) is 19.3. The average molecular weight is 529 g/mol. The zero-order chi connectivity index (χ0) is 27.2. The van der Waals surface area contributed by atoms with Crippen molar-refractivity contribution in [2.45, 2.75) is 43.4 Å². The summed E-state index contributed by atoms with van der Waals surface area (Å²) in [7, 11) is 1.47. The van der Waals surface area contributed by atoms with Gasteiger partial charge >= 0.3 is 12.1 Å². The summed E-state index contributed by atoms with van der Waals surface area (Å²) in [5.41, 5.74) is 0.654. The quantitative estimate of drug-likeness (QED) is 0.478. The molecule has 2 bridgehead atoms.